The van der Waals surface area contributed by atoms with Crippen LogP contribution in [0.1, 0.15) is 23.2 Å². The van der Waals surface area contributed by atoms with Gasteiger partial charge in [0.1, 0.15) is 5.82 Å². The van der Waals surface area contributed by atoms with E-state index in [4.69, 9.17) is 9.90 Å². The molecule has 0 bridgehead atoms. The highest BCUT2D eigenvalue weighted by Crippen LogP contribution is 2.13. The van der Waals surface area contributed by atoms with Gasteiger partial charge in [-0.15, -0.1) is 0 Å². The Morgan fingerprint density at radius 2 is 1.63 bits per heavy atom. The van der Waals surface area contributed by atoms with Gasteiger partial charge in [0.05, 0.1) is 0 Å². The molecule has 1 heterocycles. The Balaban J connectivity index is 0.000000540. The number of aromatic nitrogens is 2. The minimum absolute atomic E-state index is 0.0396. The number of rotatable bonds is 8. The van der Waals surface area contributed by atoms with Crippen LogP contribution >= 0.6 is 0 Å². The molecule has 0 unspecified atom stereocenters. The molecule has 0 saturated carbocycles. The Hall–Kier alpha value is -4.15. The van der Waals surface area contributed by atoms with E-state index in [9.17, 15) is 18.0 Å². The number of hydrogen-bond acceptors (Lipinski definition) is 6. The van der Waals surface area contributed by atoms with Gasteiger partial charge < -0.3 is 21.1 Å². The summed E-state index contributed by atoms with van der Waals surface area (Å²) in [5.74, 6) is -1.53. The lowest BCUT2D eigenvalue weighted by atomic mass is 10.1. The van der Waals surface area contributed by atoms with Crippen molar-refractivity contribution in [1.82, 2.24) is 9.97 Å². The van der Waals surface area contributed by atoms with Crippen molar-refractivity contribution >= 4 is 29.3 Å². The zero-order valence-corrected chi connectivity index (χ0v) is 19.2. The highest BCUT2D eigenvalue weighted by Gasteiger charge is 2.38. The molecule has 0 saturated heterocycles. The number of carbonyl (C=O) groups excluding carboxylic acids is 1. The fraction of sp³-hybridized carbons (Fsp3) is 0.250. The van der Waals surface area contributed by atoms with Gasteiger partial charge in [-0.1, -0.05) is 48.0 Å². The number of carboxylic acid groups (broad SMARTS) is 1. The molecule has 186 valence electrons. The molecule has 3 rings (SSSR count). The van der Waals surface area contributed by atoms with Gasteiger partial charge in [-0.25, -0.2) is 9.78 Å². The molecule has 35 heavy (non-hydrogen) atoms. The van der Waals surface area contributed by atoms with Crippen LogP contribution in [-0.4, -0.2) is 39.7 Å². The molecule has 0 spiro atoms. The van der Waals surface area contributed by atoms with Crippen LogP contribution in [0.5, 0.6) is 0 Å². The summed E-state index contributed by atoms with van der Waals surface area (Å²) >= 11 is 0. The van der Waals surface area contributed by atoms with E-state index >= 15 is 0 Å². The molecule has 0 fully saturated rings. The van der Waals surface area contributed by atoms with Crippen LogP contribution in [0.15, 0.2) is 60.7 Å². The fourth-order valence-electron chi connectivity index (χ4n) is 2.79. The van der Waals surface area contributed by atoms with E-state index in [0.717, 1.165) is 11.4 Å². The molecule has 2 aromatic carbocycles. The second-order valence-corrected chi connectivity index (χ2v) is 7.45. The molecule has 3 aromatic rings. The van der Waals surface area contributed by atoms with Gasteiger partial charge in [-0.2, -0.15) is 18.2 Å². The summed E-state index contributed by atoms with van der Waals surface area (Å²) in [7, 11) is 0. The lowest BCUT2D eigenvalue weighted by Crippen LogP contribution is -2.21. The number of nitrogens with one attached hydrogen (secondary N) is 3. The molecule has 0 atom stereocenters. The average Bonchev–Trinajstić information content (AvgIpc) is 2.78. The van der Waals surface area contributed by atoms with Crippen LogP contribution in [0.4, 0.5) is 30.6 Å². The lowest BCUT2D eigenvalue weighted by molar-refractivity contribution is -0.192. The predicted molar refractivity (Wildman–Crippen MR) is 127 cm³/mol. The predicted octanol–water partition coefficient (Wildman–Crippen LogP) is 4.78. The third kappa shape index (κ3) is 10.5. The van der Waals surface area contributed by atoms with E-state index in [0.29, 0.717) is 31.3 Å². The molecular weight excluding hydrogens is 463 g/mol. The molecule has 0 aliphatic heterocycles. The first-order valence-corrected chi connectivity index (χ1v) is 10.6. The molecule has 0 aliphatic carbocycles. The number of nitrogens with zero attached hydrogens (tertiary/aromatic N) is 2. The van der Waals surface area contributed by atoms with Gasteiger partial charge in [0.15, 0.2) is 0 Å². The van der Waals surface area contributed by atoms with E-state index in [1.807, 2.05) is 49.4 Å². The summed E-state index contributed by atoms with van der Waals surface area (Å²) in [6, 6.07) is 19.6. The van der Waals surface area contributed by atoms with Crippen LogP contribution in [0.25, 0.3) is 0 Å². The summed E-state index contributed by atoms with van der Waals surface area (Å²) < 4.78 is 31.7. The molecule has 1 aromatic heterocycles. The van der Waals surface area contributed by atoms with Gasteiger partial charge in [0.25, 0.3) is 0 Å². The Bertz CT molecular complexity index is 1120. The van der Waals surface area contributed by atoms with Gasteiger partial charge >= 0.3 is 12.1 Å². The zero-order valence-electron chi connectivity index (χ0n) is 19.2. The van der Waals surface area contributed by atoms with Crippen molar-refractivity contribution in [1.29, 1.82) is 0 Å². The highest BCUT2D eigenvalue weighted by molar-refractivity contribution is 5.90. The number of anilines is 3. The Kier molecular flexibility index (Phi) is 10.0. The van der Waals surface area contributed by atoms with E-state index in [-0.39, 0.29) is 5.91 Å². The van der Waals surface area contributed by atoms with Crippen molar-refractivity contribution in [2.45, 2.75) is 33.0 Å². The maximum atomic E-state index is 12.0. The van der Waals surface area contributed by atoms with Gasteiger partial charge in [0, 0.05) is 37.0 Å². The smallest absolute Gasteiger partial charge is 0.475 e. The Labute approximate surface area is 200 Å². The third-order valence-corrected chi connectivity index (χ3v) is 4.35. The Morgan fingerprint density at radius 3 is 2.26 bits per heavy atom. The van der Waals surface area contributed by atoms with E-state index < -0.39 is 12.1 Å². The van der Waals surface area contributed by atoms with Crippen LogP contribution in [0.2, 0.25) is 0 Å². The monoisotopic (exact) mass is 489 g/mol. The van der Waals surface area contributed by atoms with Gasteiger partial charge in [0.2, 0.25) is 11.9 Å². The molecule has 8 nitrogen and oxygen atoms in total. The number of para-hydroxylation sites is 1. The number of alkyl halides is 3. The largest absolute Gasteiger partial charge is 0.490 e. The molecule has 11 heteroatoms. The highest BCUT2D eigenvalue weighted by atomic mass is 19.4. The number of halogens is 3. The first-order chi connectivity index (χ1) is 16.5. The molecule has 1 amide bonds. The van der Waals surface area contributed by atoms with Crippen molar-refractivity contribution in [2.24, 2.45) is 0 Å². The second-order valence-electron chi connectivity index (χ2n) is 7.45. The van der Waals surface area contributed by atoms with Gasteiger partial charge in [-0.05, 0) is 31.5 Å². The topological polar surface area (TPSA) is 116 Å². The number of carbonyl (C=O) groups is 2. The molecule has 0 aliphatic rings. The van der Waals surface area contributed by atoms with E-state index in [1.165, 1.54) is 11.1 Å². The molecule has 0 radical (unpaired) electrons. The first kappa shape index (κ1) is 27.1. The summed E-state index contributed by atoms with van der Waals surface area (Å²) in [5.41, 5.74) is 4.06. The zero-order chi connectivity index (χ0) is 25.8. The lowest BCUT2D eigenvalue weighted by Gasteiger charge is -2.10. The minimum Gasteiger partial charge on any atom is -0.475 e. The van der Waals surface area contributed by atoms with E-state index in [2.05, 4.69) is 51.0 Å². The summed E-state index contributed by atoms with van der Waals surface area (Å²) in [6.07, 6.45) is -4.73. The third-order valence-electron chi connectivity index (χ3n) is 4.35. The fourth-order valence-corrected chi connectivity index (χ4v) is 2.79. The van der Waals surface area contributed by atoms with Crippen LogP contribution < -0.4 is 16.0 Å². The second kappa shape index (κ2) is 12.9. The maximum absolute atomic E-state index is 12.0. The number of carboxylic acids is 1. The normalized spacial score (nSPS) is 10.5. The minimum atomic E-state index is -5.08. The average molecular weight is 489 g/mol. The SMILES string of the molecule is Cc1cccc(CNc2nc(C)cc(NCCC(=O)Nc3ccccc3)n2)c1.O=C(O)C(F)(F)F. The molecule has 4 N–H and O–H groups in total. The van der Waals surface area contributed by atoms with Crippen molar-refractivity contribution in [3.63, 3.8) is 0 Å². The number of benzene rings is 2. The summed E-state index contributed by atoms with van der Waals surface area (Å²) in [5, 5.41) is 16.5. The number of aryl methyl sites for hydroxylation is 2. The van der Waals surface area contributed by atoms with Crippen molar-refractivity contribution in [3.05, 3.63) is 77.5 Å². The summed E-state index contributed by atoms with van der Waals surface area (Å²) in [4.78, 5) is 29.8. The van der Waals surface area contributed by atoms with Crippen LogP contribution in [0, 0.1) is 13.8 Å². The number of amides is 1. The maximum Gasteiger partial charge on any atom is 0.490 e. The number of aliphatic carboxylic acids is 1. The standard InChI is InChI=1S/C22H25N5O.C2HF3O2/c1-16-7-6-8-18(13-16)15-24-22-25-17(2)14-20(27-22)23-12-11-21(28)26-19-9-4-3-5-10-19;3-2(4,5)1(6)7/h3-10,13-14H,11-12,15H2,1-2H3,(H,26,28)(H2,23,24,25,27);(H,6,7). The van der Waals surface area contributed by atoms with Crippen molar-refractivity contribution < 1.29 is 27.9 Å². The van der Waals surface area contributed by atoms with Crippen LogP contribution in [0.3, 0.4) is 0 Å². The summed E-state index contributed by atoms with van der Waals surface area (Å²) in [6.45, 7) is 5.14. The number of hydrogen-bond donors (Lipinski definition) is 4. The first-order valence-electron chi connectivity index (χ1n) is 10.6. The Morgan fingerprint density at radius 1 is 0.943 bits per heavy atom. The van der Waals surface area contributed by atoms with Crippen LogP contribution in [-0.2, 0) is 16.1 Å². The van der Waals surface area contributed by atoms with E-state index in [1.54, 1.807) is 0 Å². The van der Waals surface area contributed by atoms with Crippen molar-refractivity contribution in [3.8, 4) is 0 Å². The quantitative estimate of drug-likeness (QED) is 0.360. The van der Waals surface area contributed by atoms with Gasteiger partial charge in [-0.3, -0.25) is 4.79 Å². The molecular formula is C24H26F3N5O3. The van der Waals surface area contributed by atoms with Crippen molar-refractivity contribution in [2.75, 3.05) is 22.5 Å².